The third-order valence-electron chi connectivity index (χ3n) is 0.447. The molecule has 0 unspecified atom stereocenters. The molecule has 0 fully saturated rings. The Morgan fingerprint density at radius 1 is 1.14 bits per heavy atom. The van der Waals surface area contributed by atoms with Crippen molar-refractivity contribution in [3.8, 4) is 0 Å². The summed E-state index contributed by atoms with van der Waals surface area (Å²) in [7, 11) is 0. The smallest absolute Gasteiger partial charge is 0 e. The molecule has 0 heterocycles. The van der Waals surface area contributed by atoms with Gasteiger partial charge in [0.15, 0.2) is 0 Å². The second-order valence-electron chi connectivity index (χ2n) is 0.856. The van der Waals surface area contributed by atoms with Gasteiger partial charge in [0.05, 0.1) is 0 Å². The van der Waals surface area contributed by atoms with Gasteiger partial charge >= 0.3 is 0 Å². The molecule has 0 atom stereocenters. The summed E-state index contributed by atoms with van der Waals surface area (Å²) in [5.41, 5.74) is 0. The summed E-state index contributed by atoms with van der Waals surface area (Å²) in [6.07, 6.45) is 0. The van der Waals surface area contributed by atoms with Crippen molar-refractivity contribution < 1.29 is 21.1 Å². The summed E-state index contributed by atoms with van der Waals surface area (Å²) in [5.74, 6) is 0. The number of rotatable bonds is 2. The number of hydrogen-bond donors (Lipinski definition) is 0. The molecule has 3 heteroatoms. The molecule has 0 aromatic heterocycles. The summed E-state index contributed by atoms with van der Waals surface area (Å²) in [4.78, 5) is 0. The van der Waals surface area contributed by atoms with Crippen LogP contribution >= 0.6 is 12.4 Å². The van der Waals surface area contributed by atoms with E-state index in [0.29, 0.717) is 0 Å². The van der Waals surface area contributed by atoms with Gasteiger partial charge in [0.2, 0.25) is 0 Å². The predicted octanol–water partition coefficient (Wildman–Crippen LogP) is 1.82. The quantitative estimate of drug-likeness (QED) is 0.610. The van der Waals surface area contributed by atoms with Crippen LogP contribution in [0.2, 0.25) is 0 Å². The van der Waals surface area contributed by atoms with Crippen LogP contribution in [0.25, 0.3) is 5.32 Å². The van der Waals surface area contributed by atoms with Crippen molar-refractivity contribution in [3.05, 3.63) is 5.32 Å². The molecule has 0 radical (unpaired) electrons. The number of hydrogen-bond acceptors (Lipinski definition) is 0. The Morgan fingerprint density at radius 2 is 1.43 bits per heavy atom. The molecule has 0 aromatic carbocycles. The van der Waals surface area contributed by atoms with Gasteiger partial charge in [-0.2, -0.15) is 13.1 Å². The average molecular weight is 205 g/mol. The maximum absolute atomic E-state index is 3.97. The fourth-order valence-electron chi connectivity index (χ4n) is 0.224. The van der Waals surface area contributed by atoms with E-state index in [-0.39, 0.29) is 33.5 Å². The van der Waals surface area contributed by atoms with Gasteiger partial charge < -0.3 is 5.32 Å². The van der Waals surface area contributed by atoms with E-state index in [1.54, 1.807) is 0 Å². The van der Waals surface area contributed by atoms with Gasteiger partial charge in [0.1, 0.15) is 0 Å². The normalized spacial score (nSPS) is 6.00. The van der Waals surface area contributed by atoms with Crippen molar-refractivity contribution in [2.45, 2.75) is 13.8 Å². The fourth-order valence-corrected chi connectivity index (χ4v) is 0.224. The van der Waals surface area contributed by atoms with Gasteiger partial charge in [-0.1, -0.05) is 13.8 Å². The molecule has 0 rings (SSSR count). The van der Waals surface area contributed by atoms with Crippen molar-refractivity contribution in [2.75, 3.05) is 13.1 Å². The molecule has 46 valence electrons. The minimum Gasteiger partial charge on any atom is -0.663 e. The summed E-state index contributed by atoms with van der Waals surface area (Å²) in [6.45, 7) is 6.03. The Labute approximate surface area is 65.9 Å². The second kappa shape index (κ2) is 15.8. The van der Waals surface area contributed by atoms with Crippen LogP contribution < -0.4 is 0 Å². The molecular formula is C4H11ClMoN-. The van der Waals surface area contributed by atoms with Crippen LogP contribution in [0.15, 0.2) is 0 Å². The van der Waals surface area contributed by atoms with Gasteiger partial charge in [-0.3, -0.25) is 0 Å². The van der Waals surface area contributed by atoms with Crippen molar-refractivity contribution in [1.29, 1.82) is 0 Å². The first-order valence-corrected chi connectivity index (χ1v) is 2.05. The van der Waals surface area contributed by atoms with Crippen LogP contribution in [-0.4, -0.2) is 13.1 Å². The van der Waals surface area contributed by atoms with Crippen LogP contribution in [0.4, 0.5) is 0 Å². The van der Waals surface area contributed by atoms with E-state index >= 15 is 0 Å². The molecule has 0 amide bonds. The predicted molar refractivity (Wildman–Crippen MR) is 31.7 cm³/mol. The molecule has 0 spiro atoms. The SMILES string of the molecule is CC[N-]CC.Cl.[Mo]. The molecule has 0 aliphatic heterocycles. The van der Waals surface area contributed by atoms with Crippen LogP contribution in [0.1, 0.15) is 13.8 Å². The Morgan fingerprint density at radius 3 is 1.43 bits per heavy atom. The summed E-state index contributed by atoms with van der Waals surface area (Å²) in [6, 6.07) is 0. The van der Waals surface area contributed by atoms with E-state index in [4.69, 9.17) is 0 Å². The van der Waals surface area contributed by atoms with Crippen LogP contribution in [0.3, 0.4) is 0 Å². The van der Waals surface area contributed by atoms with Crippen molar-refractivity contribution >= 4 is 12.4 Å². The number of halogens is 1. The van der Waals surface area contributed by atoms with Gasteiger partial charge in [0.25, 0.3) is 0 Å². The van der Waals surface area contributed by atoms with E-state index in [1.165, 1.54) is 0 Å². The number of nitrogens with zero attached hydrogens (tertiary/aromatic N) is 1. The standard InChI is InChI=1S/C4H10N.ClH.Mo/c1-3-5-4-2;;/h3-4H2,1-2H3;1H;/q-1;;. The Balaban J connectivity index is -0.0000000800. The molecule has 0 saturated carbocycles. The Bertz CT molecular complexity index is 19.2. The molecule has 0 aliphatic rings. The zero-order valence-corrected chi connectivity index (χ0v) is 7.50. The molecule has 0 aliphatic carbocycles. The molecular weight excluding hydrogens is 193 g/mol. The molecule has 0 N–H and O–H groups in total. The minimum atomic E-state index is 0. The van der Waals surface area contributed by atoms with Gasteiger partial charge in [0, 0.05) is 21.1 Å². The van der Waals surface area contributed by atoms with Crippen molar-refractivity contribution in [1.82, 2.24) is 0 Å². The van der Waals surface area contributed by atoms with Crippen molar-refractivity contribution in [3.63, 3.8) is 0 Å². The van der Waals surface area contributed by atoms with Gasteiger partial charge in [-0.25, -0.2) is 0 Å². The minimum absolute atomic E-state index is 0. The summed E-state index contributed by atoms with van der Waals surface area (Å²) >= 11 is 0. The van der Waals surface area contributed by atoms with E-state index in [9.17, 15) is 0 Å². The largest absolute Gasteiger partial charge is 0.663 e. The third-order valence-corrected chi connectivity index (χ3v) is 0.447. The Hall–Kier alpha value is 0.938. The van der Waals surface area contributed by atoms with E-state index < -0.39 is 0 Å². The first-order valence-electron chi connectivity index (χ1n) is 2.05. The monoisotopic (exact) mass is 206 g/mol. The zero-order valence-electron chi connectivity index (χ0n) is 4.68. The summed E-state index contributed by atoms with van der Waals surface area (Å²) in [5, 5.41) is 3.97. The topological polar surface area (TPSA) is 14.1 Å². The zero-order chi connectivity index (χ0) is 4.12. The second-order valence-corrected chi connectivity index (χ2v) is 0.856. The Kier molecular flexibility index (Phi) is 35.3. The molecule has 0 saturated heterocycles. The fraction of sp³-hybridized carbons (Fsp3) is 1.00. The first kappa shape index (κ1) is 15.7. The molecule has 1 nitrogen and oxygen atoms in total. The maximum atomic E-state index is 3.97. The van der Waals surface area contributed by atoms with E-state index in [2.05, 4.69) is 5.32 Å². The van der Waals surface area contributed by atoms with Crippen LogP contribution in [0.5, 0.6) is 0 Å². The average Bonchev–Trinajstić information content (AvgIpc) is 1.41. The third kappa shape index (κ3) is 19.6. The maximum Gasteiger partial charge on any atom is 0 e. The van der Waals surface area contributed by atoms with Crippen molar-refractivity contribution in [2.24, 2.45) is 0 Å². The molecule has 7 heavy (non-hydrogen) atoms. The van der Waals surface area contributed by atoms with Crippen LogP contribution in [0, 0.1) is 0 Å². The van der Waals surface area contributed by atoms with Gasteiger partial charge in [-0.15, -0.1) is 12.4 Å². The van der Waals surface area contributed by atoms with E-state index in [0.717, 1.165) is 13.1 Å². The van der Waals surface area contributed by atoms with Crippen LogP contribution in [-0.2, 0) is 21.1 Å². The molecule has 0 bridgehead atoms. The van der Waals surface area contributed by atoms with Gasteiger partial charge in [-0.05, 0) is 0 Å². The summed E-state index contributed by atoms with van der Waals surface area (Å²) < 4.78 is 0. The first-order chi connectivity index (χ1) is 2.41. The van der Waals surface area contributed by atoms with E-state index in [1.807, 2.05) is 13.8 Å². The molecule has 0 aromatic rings.